The molecule has 6 nitrogen and oxygen atoms in total. The van der Waals surface area contributed by atoms with E-state index in [0.717, 1.165) is 11.3 Å². The fourth-order valence-electron chi connectivity index (χ4n) is 1.41. The van der Waals surface area contributed by atoms with Crippen LogP contribution < -0.4 is 5.32 Å². The average molecular weight is 244 g/mol. The minimum absolute atomic E-state index is 0.281. The Hall–Kier alpha value is -2.50. The maximum Gasteiger partial charge on any atom is 0.343 e. The molecule has 0 saturated heterocycles. The molecule has 2 aromatic rings. The highest BCUT2D eigenvalue weighted by Gasteiger charge is 2.13. The van der Waals surface area contributed by atoms with Gasteiger partial charge in [0.05, 0.1) is 19.0 Å². The van der Waals surface area contributed by atoms with Gasteiger partial charge in [-0.05, 0) is 18.6 Å². The van der Waals surface area contributed by atoms with Gasteiger partial charge in [0.1, 0.15) is 17.7 Å². The molecule has 0 fully saturated rings. The fourth-order valence-corrected chi connectivity index (χ4v) is 1.41. The maximum absolute atomic E-state index is 11.6. The molecule has 0 spiro atoms. The van der Waals surface area contributed by atoms with Crippen LogP contribution in [0, 0.1) is 6.92 Å². The van der Waals surface area contributed by atoms with Crippen molar-refractivity contribution in [2.75, 3.05) is 12.4 Å². The Morgan fingerprint density at radius 2 is 2.17 bits per heavy atom. The number of anilines is 2. The van der Waals surface area contributed by atoms with Gasteiger partial charge in [-0.2, -0.15) is 0 Å². The number of aromatic nitrogens is 3. The molecule has 0 radical (unpaired) electrons. The summed E-state index contributed by atoms with van der Waals surface area (Å²) in [7, 11) is 1.31. The second-order valence-electron chi connectivity index (χ2n) is 3.59. The van der Waals surface area contributed by atoms with Crippen molar-refractivity contribution < 1.29 is 9.53 Å². The fraction of sp³-hybridized carbons (Fsp3) is 0.167. The van der Waals surface area contributed by atoms with E-state index < -0.39 is 5.97 Å². The van der Waals surface area contributed by atoms with Gasteiger partial charge in [0, 0.05) is 12.4 Å². The standard InChI is InChI=1S/C12H12N4O2/c1-8-3-4-13-6-10(8)16-11-9(12(17)18-2)5-14-7-15-11/h3-7H,1-2H3,(H,14,15,16). The molecule has 18 heavy (non-hydrogen) atoms. The third-order valence-corrected chi connectivity index (χ3v) is 2.41. The van der Waals surface area contributed by atoms with Crippen molar-refractivity contribution in [1.82, 2.24) is 15.0 Å². The number of carbonyl (C=O) groups excluding carboxylic acids is 1. The molecular weight excluding hydrogens is 232 g/mol. The normalized spacial score (nSPS) is 9.89. The number of aryl methyl sites for hydroxylation is 1. The van der Waals surface area contributed by atoms with Crippen LogP contribution in [0.2, 0.25) is 0 Å². The molecule has 0 atom stereocenters. The third-order valence-electron chi connectivity index (χ3n) is 2.41. The average Bonchev–Trinajstić information content (AvgIpc) is 2.41. The summed E-state index contributed by atoms with van der Waals surface area (Å²) in [6.45, 7) is 1.93. The van der Waals surface area contributed by atoms with Crippen LogP contribution in [-0.2, 0) is 4.74 Å². The molecule has 0 aliphatic carbocycles. The lowest BCUT2D eigenvalue weighted by Gasteiger charge is -2.10. The molecule has 0 saturated carbocycles. The number of methoxy groups -OCH3 is 1. The Labute approximate surface area is 104 Å². The molecule has 0 unspecified atom stereocenters. The summed E-state index contributed by atoms with van der Waals surface area (Å²) < 4.78 is 4.67. The summed E-state index contributed by atoms with van der Waals surface area (Å²) in [5.41, 5.74) is 2.06. The lowest BCUT2D eigenvalue weighted by molar-refractivity contribution is 0.0601. The van der Waals surface area contributed by atoms with E-state index in [1.165, 1.54) is 19.6 Å². The van der Waals surface area contributed by atoms with Crippen LogP contribution in [-0.4, -0.2) is 28.0 Å². The zero-order valence-electron chi connectivity index (χ0n) is 10.0. The number of pyridine rings is 1. The number of ether oxygens (including phenoxy) is 1. The van der Waals surface area contributed by atoms with Crippen LogP contribution in [0.3, 0.4) is 0 Å². The lowest BCUT2D eigenvalue weighted by atomic mass is 10.2. The van der Waals surface area contributed by atoms with E-state index >= 15 is 0 Å². The van der Waals surface area contributed by atoms with Gasteiger partial charge in [0.2, 0.25) is 0 Å². The van der Waals surface area contributed by atoms with Gasteiger partial charge in [0.25, 0.3) is 0 Å². The summed E-state index contributed by atoms with van der Waals surface area (Å²) in [5, 5.41) is 3.04. The molecule has 6 heteroatoms. The van der Waals surface area contributed by atoms with Crippen molar-refractivity contribution >= 4 is 17.5 Å². The van der Waals surface area contributed by atoms with E-state index in [-0.39, 0.29) is 5.56 Å². The van der Waals surface area contributed by atoms with Crippen molar-refractivity contribution in [2.45, 2.75) is 6.92 Å². The highest BCUT2D eigenvalue weighted by molar-refractivity contribution is 5.94. The van der Waals surface area contributed by atoms with Crippen LogP contribution in [0.4, 0.5) is 11.5 Å². The van der Waals surface area contributed by atoms with Gasteiger partial charge >= 0.3 is 5.97 Å². The van der Waals surface area contributed by atoms with Crippen LogP contribution in [0.1, 0.15) is 15.9 Å². The zero-order chi connectivity index (χ0) is 13.0. The summed E-state index contributed by atoms with van der Waals surface area (Å²) >= 11 is 0. The molecule has 2 heterocycles. The van der Waals surface area contributed by atoms with E-state index in [2.05, 4.69) is 25.0 Å². The van der Waals surface area contributed by atoms with Gasteiger partial charge in [-0.25, -0.2) is 14.8 Å². The van der Waals surface area contributed by atoms with E-state index in [4.69, 9.17) is 0 Å². The van der Waals surface area contributed by atoms with Crippen molar-refractivity contribution in [3.05, 3.63) is 42.1 Å². The largest absolute Gasteiger partial charge is 0.465 e. The van der Waals surface area contributed by atoms with E-state index in [1.54, 1.807) is 12.4 Å². The van der Waals surface area contributed by atoms with Gasteiger partial charge in [-0.1, -0.05) is 0 Å². The van der Waals surface area contributed by atoms with Crippen LogP contribution in [0.15, 0.2) is 31.0 Å². The number of esters is 1. The SMILES string of the molecule is COC(=O)c1cncnc1Nc1cnccc1C. The summed E-state index contributed by atoms with van der Waals surface area (Å²) in [4.78, 5) is 23.4. The predicted octanol–water partition coefficient (Wildman–Crippen LogP) is 1.71. The minimum atomic E-state index is -0.486. The Bertz CT molecular complexity index is 572. The minimum Gasteiger partial charge on any atom is -0.465 e. The molecule has 2 aromatic heterocycles. The number of hydrogen-bond donors (Lipinski definition) is 1. The second-order valence-corrected chi connectivity index (χ2v) is 3.59. The van der Waals surface area contributed by atoms with Crippen molar-refractivity contribution in [2.24, 2.45) is 0 Å². The first-order valence-electron chi connectivity index (χ1n) is 5.28. The van der Waals surface area contributed by atoms with E-state index in [9.17, 15) is 4.79 Å². The first-order chi connectivity index (χ1) is 8.72. The van der Waals surface area contributed by atoms with Gasteiger partial charge in [-0.15, -0.1) is 0 Å². The number of rotatable bonds is 3. The van der Waals surface area contributed by atoms with Crippen molar-refractivity contribution in [1.29, 1.82) is 0 Å². The number of carbonyl (C=O) groups is 1. The molecule has 1 N–H and O–H groups in total. The van der Waals surface area contributed by atoms with Crippen molar-refractivity contribution in [3.63, 3.8) is 0 Å². The number of hydrogen-bond acceptors (Lipinski definition) is 6. The van der Waals surface area contributed by atoms with Gasteiger partial charge in [-0.3, -0.25) is 4.98 Å². The van der Waals surface area contributed by atoms with Crippen LogP contribution in [0.25, 0.3) is 0 Å². The summed E-state index contributed by atoms with van der Waals surface area (Å²) in [6, 6.07) is 1.86. The molecular formula is C12H12N4O2. The number of nitrogens with zero attached hydrogens (tertiary/aromatic N) is 3. The molecule has 0 aliphatic rings. The highest BCUT2D eigenvalue weighted by atomic mass is 16.5. The third kappa shape index (κ3) is 2.42. The van der Waals surface area contributed by atoms with E-state index in [1.807, 2.05) is 13.0 Å². The first-order valence-corrected chi connectivity index (χ1v) is 5.28. The lowest BCUT2D eigenvalue weighted by Crippen LogP contribution is -2.08. The van der Waals surface area contributed by atoms with E-state index in [0.29, 0.717) is 5.82 Å². The molecule has 0 amide bonds. The predicted molar refractivity (Wildman–Crippen MR) is 65.6 cm³/mol. The van der Waals surface area contributed by atoms with Gasteiger partial charge < -0.3 is 10.1 Å². The highest BCUT2D eigenvalue weighted by Crippen LogP contribution is 2.20. The molecule has 0 aromatic carbocycles. The summed E-state index contributed by atoms with van der Waals surface area (Å²) in [6.07, 6.45) is 6.13. The molecule has 92 valence electrons. The Kier molecular flexibility index (Phi) is 3.47. The van der Waals surface area contributed by atoms with Crippen LogP contribution in [0.5, 0.6) is 0 Å². The molecule has 0 aliphatic heterocycles. The zero-order valence-corrected chi connectivity index (χ0v) is 10.0. The number of nitrogens with one attached hydrogen (secondary N) is 1. The molecule has 0 bridgehead atoms. The Morgan fingerprint density at radius 1 is 1.33 bits per heavy atom. The quantitative estimate of drug-likeness (QED) is 0.828. The smallest absolute Gasteiger partial charge is 0.343 e. The van der Waals surface area contributed by atoms with Crippen LogP contribution >= 0.6 is 0 Å². The Morgan fingerprint density at radius 3 is 2.89 bits per heavy atom. The first kappa shape index (κ1) is 12.0. The van der Waals surface area contributed by atoms with Crippen molar-refractivity contribution in [3.8, 4) is 0 Å². The second kappa shape index (κ2) is 5.22. The topological polar surface area (TPSA) is 77.0 Å². The van der Waals surface area contributed by atoms with Gasteiger partial charge in [0.15, 0.2) is 0 Å². The Balaban J connectivity index is 2.35. The summed E-state index contributed by atoms with van der Waals surface area (Å²) in [5.74, 6) is -0.0902. The monoisotopic (exact) mass is 244 g/mol. The molecule has 2 rings (SSSR count). The maximum atomic E-state index is 11.6.